The lowest BCUT2D eigenvalue weighted by Gasteiger charge is -2.26. The van der Waals surface area contributed by atoms with E-state index in [2.05, 4.69) is 23.8 Å². The van der Waals surface area contributed by atoms with Crippen LogP contribution in [0.1, 0.15) is 49.3 Å². The number of rotatable bonds is 16. The summed E-state index contributed by atoms with van der Waals surface area (Å²) in [4.78, 5) is 53.5. The first-order chi connectivity index (χ1) is 20.9. The second kappa shape index (κ2) is 17.5. The predicted molar refractivity (Wildman–Crippen MR) is 161 cm³/mol. The number of hydrogen-bond donors (Lipinski definition) is 3. The van der Waals surface area contributed by atoms with Gasteiger partial charge in [-0.15, -0.1) is 13.2 Å². The third kappa shape index (κ3) is 10.4. The van der Waals surface area contributed by atoms with E-state index in [1.807, 2.05) is 36.4 Å². The molecule has 0 aromatic heterocycles. The largest absolute Gasteiger partial charge is 0.462 e. The highest BCUT2D eigenvalue weighted by Gasteiger charge is 2.32. The van der Waals surface area contributed by atoms with E-state index in [0.717, 1.165) is 18.4 Å². The third-order valence-electron chi connectivity index (χ3n) is 7.25. The second-order valence-electron chi connectivity index (χ2n) is 10.4. The van der Waals surface area contributed by atoms with Crippen molar-refractivity contribution in [2.24, 2.45) is 5.92 Å². The Morgan fingerprint density at radius 1 is 0.953 bits per heavy atom. The molecule has 2 aromatic carbocycles. The highest BCUT2D eigenvalue weighted by molar-refractivity contribution is 5.86. The molecule has 1 saturated heterocycles. The molecule has 3 N–H and O–H groups in total. The van der Waals surface area contributed by atoms with E-state index in [9.17, 15) is 24.3 Å². The lowest BCUT2D eigenvalue weighted by atomic mass is 9.98. The zero-order valence-electron chi connectivity index (χ0n) is 24.4. The number of carbonyl (C=O) groups is 4. The number of aliphatic hydroxyl groups excluding tert-OH is 1. The molecule has 10 heteroatoms. The van der Waals surface area contributed by atoms with Gasteiger partial charge >= 0.3 is 12.1 Å². The molecule has 0 radical (unpaired) electrons. The molecule has 3 amide bonds. The minimum absolute atomic E-state index is 0.0356. The number of carbonyl (C=O) groups excluding carboxylic acids is 4. The van der Waals surface area contributed by atoms with Gasteiger partial charge in [-0.3, -0.25) is 9.59 Å². The number of nitrogens with one attached hydrogen (secondary N) is 2. The van der Waals surface area contributed by atoms with E-state index in [0.29, 0.717) is 12.1 Å². The van der Waals surface area contributed by atoms with Gasteiger partial charge in [-0.25, -0.2) is 9.59 Å². The van der Waals surface area contributed by atoms with Crippen LogP contribution in [0.3, 0.4) is 0 Å². The molecule has 43 heavy (non-hydrogen) atoms. The van der Waals surface area contributed by atoms with Crippen LogP contribution in [0.15, 0.2) is 86.0 Å². The summed E-state index contributed by atoms with van der Waals surface area (Å²) in [6.45, 7) is 7.66. The van der Waals surface area contributed by atoms with Crippen LogP contribution >= 0.6 is 0 Å². The highest BCUT2D eigenvalue weighted by atomic mass is 16.6. The summed E-state index contributed by atoms with van der Waals surface area (Å²) in [7, 11) is 0. The van der Waals surface area contributed by atoms with Crippen molar-refractivity contribution in [3.63, 3.8) is 0 Å². The molecule has 1 fully saturated rings. The Balaban J connectivity index is 1.63. The van der Waals surface area contributed by atoms with Crippen molar-refractivity contribution >= 4 is 23.9 Å². The summed E-state index contributed by atoms with van der Waals surface area (Å²) in [6.07, 6.45) is 4.18. The van der Waals surface area contributed by atoms with Crippen molar-refractivity contribution in [2.45, 2.75) is 56.8 Å². The van der Waals surface area contributed by atoms with Crippen molar-refractivity contribution in [3.8, 4) is 0 Å². The normalized spacial score (nSPS) is 16.3. The van der Waals surface area contributed by atoms with Gasteiger partial charge < -0.3 is 30.1 Å². The fraction of sp³-hybridized carbons (Fsp3) is 0.394. The molecular formula is C33H41N3O7. The molecule has 0 saturated carbocycles. The van der Waals surface area contributed by atoms with Crippen LogP contribution in [-0.2, 0) is 30.5 Å². The number of amides is 3. The number of benzene rings is 2. The maximum Gasteiger partial charge on any atom is 0.408 e. The fourth-order valence-electron chi connectivity index (χ4n) is 4.92. The first kappa shape index (κ1) is 33.1. The lowest BCUT2D eigenvalue weighted by molar-refractivity contribution is -0.147. The van der Waals surface area contributed by atoms with Gasteiger partial charge in [0.15, 0.2) is 0 Å². The van der Waals surface area contributed by atoms with E-state index >= 15 is 0 Å². The Hall–Kier alpha value is -4.44. The zero-order valence-corrected chi connectivity index (χ0v) is 24.4. The van der Waals surface area contributed by atoms with E-state index in [1.165, 1.54) is 6.08 Å². The average Bonchev–Trinajstić information content (AvgIpc) is 3.51. The Kier molecular flexibility index (Phi) is 13.5. The van der Waals surface area contributed by atoms with Crippen molar-refractivity contribution in [1.82, 2.24) is 15.5 Å². The standard InChI is InChI=1S/C33H41N3O7/c1-3-12-26(20-30(38)36-19-11-18-27(36)21-37)31(39)34-29(25-16-9-6-10-17-25)23-42-32(40)28(13-4-2)35-33(41)43-22-24-14-7-5-8-15-24/h3-10,14-17,26-29,37H,1-2,11-13,18-23H2,(H,34,39)(H,35,41)/t26-,27-,28+,29-/m0/s1. The average molecular weight is 592 g/mol. The van der Waals surface area contributed by atoms with Gasteiger partial charge in [0.25, 0.3) is 0 Å². The number of esters is 1. The van der Waals surface area contributed by atoms with Crippen LogP contribution in [0.5, 0.6) is 0 Å². The van der Waals surface area contributed by atoms with Gasteiger partial charge in [0.1, 0.15) is 19.3 Å². The zero-order chi connectivity index (χ0) is 31.0. The molecule has 0 unspecified atom stereocenters. The summed E-state index contributed by atoms with van der Waals surface area (Å²) in [5.74, 6) is -1.99. The molecule has 230 valence electrons. The van der Waals surface area contributed by atoms with Crippen LogP contribution in [0.25, 0.3) is 0 Å². The van der Waals surface area contributed by atoms with Crippen LogP contribution in [0.4, 0.5) is 4.79 Å². The van der Waals surface area contributed by atoms with Crippen molar-refractivity contribution in [2.75, 3.05) is 19.8 Å². The molecule has 0 bridgehead atoms. The Labute approximate surface area is 252 Å². The molecule has 1 aliphatic rings. The molecule has 0 aliphatic carbocycles. The van der Waals surface area contributed by atoms with Crippen LogP contribution in [0.2, 0.25) is 0 Å². The fourth-order valence-corrected chi connectivity index (χ4v) is 4.92. The Morgan fingerprint density at radius 2 is 1.63 bits per heavy atom. The molecule has 10 nitrogen and oxygen atoms in total. The smallest absolute Gasteiger partial charge is 0.408 e. The van der Waals surface area contributed by atoms with E-state index in [4.69, 9.17) is 9.47 Å². The number of aliphatic hydroxyl groups is 1. The second-order valence-corrected chi connectivity index (χ2v) is 10.4. The number of allylic oxidation sites excluding steroid dienone is 1. The van der Waals surface area contributed by atoms with Gasteiger partial charge in [-0.05, 0) is 36.8 Å². The van der Waals surface area contributed by atoms with Crippen molar-refractivity contribution in [1.29, 1.82) is 0 Å². The van der Waals surface area contributed by atoms with Gasteiger partial charge in [0, 0.05) is 13.0 Å². The van der Waals surface area contributed by atoms with Crippen molar-refractivity contribution < 1.29 is 33.8 Å². The summed E-state index contributed by atoms with van der Waals surface area (Å²) in [5.41, 5.74) is 1.50. The number of ether oxygens (including phenoxy) is 2. The van der Waals surface area contributed by atoms with E-state index < -0.39 is 30.1 Å². The minimum atomic E-state index is -1.04. The van der Waals surface area contributed by atoms with Crippen LogP contribution in [0, 0.1) is 5.92 Å². The Bertz CT molecular complexity index is 1220. The van der Waals surface area contributed by atoms with Gasteiger partial charge in [0.2, 0.25) is 11.8 Å². The molecule has 4 atom stereocenters. The number of alkyl carbamates (subject to hydrolysis) is 1. The number of nitrogens with zero attached hydrogens (tertiary/aromatic N) is 1. The summed E-state index contributed by atoms with van der Waals surface area (Å²) < 4.78 is 10.8. The topological polar surface area (TPSA) is 134 Å². The maximum atomic E-state index is 13.4. The molecule has 1 aliphatic heterocycles. The lowest BCUT2D eigenvalue weighted by Crippen LogP contribution is -2.44. The maximum absolute atomic E-state index is 13.4. The van der Waals surface area contributed by atoms with Gasteiger partial charge in [-0.2, -0.15) is 0 Å². The van der Waals surface area contributed by atoms with Gasteiger partial charge in [-0.1, -0.05) is 72.8 Å². The molecule has 0 spiro atoms. The van der Waals surface area contributed by atoms with Gasteiger partial charge in [0.05, 0.1) is 24.6 Å². The minimum Gasteiger partial charge on any atom is -0.462 e. The SMILES string of the molecule is C=CC[C@@H](CC(=O)N1CCC[C@H]1CO)C(=O)N[C@@H](COC(=O)[C@@H](CC=C)NC(=O)OCc1ccccc1)c1ccccc1. The monoisotopic (exact) mass is 591 g/mol. The van der Waals surface area contributed by atoms with E-state index in [-0.39, 0.29) is 56.9 Å². The van der Waals surface area contributed by atoms with Crippen LogP contribution in [-0.4, -0.2) is 65.7 Å². The third-order valence-corrected chi connectivity index (χ3v) is 7.25. The number of likely N-dealkylation sites (tertiary alicyclic amines) is 1. The summed E-state index contributed by atoms with van der Waals surface area (Å²) in [6, 6.07) is 16.2. The highest BCUT2D eigenvalue weighted by Crippen LogP contribution is 2.22. The molecule has 2 aromatic rings. The molecule has 1 heterocycles. The first-order valence-corrected chi connectivity index (χ1v) is 14.5. The Morgan fingerprint density at radius 3 is 2.28 bits per heavy atom. The molecular weight excluding hydrogens is 550 g/mol. The number of hydrogen-bond acceptors (Lipinski definition) is 7. The quantitative estimate of drug-likeness (QED) is 0.200. The van der Waals surface area contributed by atoms with Crippen molar-refractivity contribution in [3.05, 3.63) is 97.1 Å². The first-order valence-electron chi connectivity index (χ1n) is 14.5. The molecule has 3 rings (SSSR count). The summed E-state index contributed by atoms with van der Waals surface area (Å²) in [5, 5.41) is 15.1. The summed E-state index contributed by atoms with van der Waals surface area (Å²) >= 11 is 0. The van der Waals surface area contributed by atoms with E-state index in [1.54, 1.807) is 35.2 Å². The van der Waals surface area contributed by atoms with Crippen LogP contribution < -0.4 is 10.6 Å². The predicted octanol–water partition coefficient (Wildman–Crippen LogP) is 3.82.